The molecular weight excluding hydrogens is 1600 g/mol. The fourth-order valence-corrected chi connectivity index (χ4v) is 16.3. The van der Waals surface area contributed by atoms with Crippen molar-refractivity contribution in [2.24, 2.45) is 0 Å². The number of fused-ring (bicyclic) bond motifs is 5. The van der Waals surface area contributed by atoms with Crippen LogP contribution in [0.5, 0.6) is 5.75 Å². The zero-order chi connectivity index (χ0) is 84.0. The summed E-state index contributed by atoms with van der Waals surface area (Å²) in [5, 5.41) is 27.2. The summed E-state index contributed by atoms with van der Waals surface area (Å²) < 4.78 is 91.6. The van der Waals surface area contributed by atoms with Gasteiger partial charge in [0.05, 0.1) is 130 Å². The summed E-state index contributed by atoms with van der Waals surface area (Å²) in [6.07, 6.45) is 0.629. The molecule has 6 aliphatic rings. The van der Waals surface area contributed by atoms with Gasteiger partial charge in [-0.05, 0) is 103 Å². The number of carbonyl (C=O) groups is 11. The number of nitrogens with zero attached hydrogens (tertiary/aromatic N) is 5. The van der Waals surface area contributed by atoms with Gasteiger partial charge in [0.2, 0.25) is 35.4 Å². The molecule has 119 heavy (non-hydrogen) atoms. The van der Waals surface area contributed by atoms with Crippen LogP contribution in [0.3, 0.4) is 0 Å². The quantitative estimate of drug-likeness (QED) is 0.0128. The number of rotatable bonds is 35. The maximum absolute atomic E-state index is 15.8. The Hall–Kier alpha value is -11.4. The lowest BCUT2D eigenvalue weighted by Crippen LogP contribution is -2.52. The van der Waals surface area contributed by atoms with E-state index in [1.165, 1.54) is 10.6 Å². The number of nitrogens with one attached hydrogen (secondary N) is 6. The highest BCUT2D eigenvalue weighted by Crippen LogP contribution is 2.48. The van der Waals surface area contributed by atoms with E-state index in [4.69, 9.17) is 42.9 Å². The SMILES string of the molecule is CC[C@@]1(O)C(=O)OCc2c1cc1n(c2=O)Cc2c-1nc1cc(F)c(C)c3c1c2[C@@H](NC(=O)COCNC(=O)CNC(=O)[C@H](Cc1ccccc1)NC(=O)CNC(=O)CNC(=O)COCCOCCOCCOc1c(F)cc(N2C(=O)C(Sc4ccc(C(=O)N5CCOCC5)cc4)=C(Sc4ccc(C(=O)N5CCOCC5)cc4)C2=O)cc1F)CC3. The molecule has 32 nitrogen and oxygen atoms in total. The van der Waals surface area contributed by atoms with Crippen LogP contribution in [-0.2, 0) is 108 Å². The second kappa shape index (κ2) is 39.0. The first-order valence-electron chi connectivity index (χ1n) is 38.3. The van der Waals surface area contributed by atoms with Crippen molar-refractivity contribution in [2.75, 3.05) is 137 Å². The van der Waals surface area contributed by atoms with Crippen molar-refractivity contribution in [2.45, 2.75) is 80.2 Å². The zero-order valence-electron chi connectivity index (χ0n) is 64.7. The van der Waals surface area contributed by atoms with Crippen molar-refractivity contribution in [1.82, 2.24) is 51.3 Å². The van der Waals surface area contributed by atoms with Crippen LogP contribution in [-0.4, -0.2) is 227 Å². The number of aromatic nitrogens is 2. The monoisotopic (exact) mass is 1680 g/mol. The highest BCUT2D eigenvalue weighted by Gasteiger charge is 2.47. The van der Waals surface area contributed by atoms with E-state index in [2.05, 4.69) is 31.9 Å². The van der Waals surface area contributed by atoms with Gasteiger partial charge in [-0.15, -0.1) is 0 Å². The molecular formula is C82H84F3N11O21S2. The second-order valence-corrected chi connectivity index (χ2v) is 30.3. The van der Waals surface area contributed by atoms with Crippen molar-refractivity contribution >= 4 is 105 Å². The normalized spacial score (nSPS) is 16.9. The number of pyridine rings is 2. The summed E-state index contributed by atoms with van der Waals surface area (Å²) >= 11 is 1.88. The van der Waals surface area contributed by atoms with E-state index in [1.807, 2.05) is 0 Å². The molecule has 3 atom stereocenters. The van der Waals surface area contributed by atoms with Crippen LogP contribution < -0.4 is 47.1 Å². The Balaban J connectivity index is 0.499. The van der Waals surface area contributed by atoms with Crippen molar-refractivity contribution < 1.29 is 109 Å². The van der Waals surface area contributed by atoms with Gasteiger partial charge in [-0.3, -0.25) is 52.7 Å². The number of carbonyl (C=O) groups excluding carboxylic acids is 11. The number of hydrogen-bond acceptors (Lipinski definition) is 24. The maximum atomic E-state index is 15.8. The molecule has 0 unspecified atom stereocenters. The smallest absolute Gasteiger partial charge is 0.343 e. The van der Waals surface area contributed by atoms with Crippen LogP contribution in [0.1, 0.15) is 85.5 Å². The molecule has 7 N–H and O–H groups in total. The molecule has 1 aliphatic carbocycles. The lowest BCUT2D eigenvalue weighted by atomic mass is 9.81. The molecule has 0 bridgehead atoms. The molecule has 5 aromatic carbocycles. The number of halogens is 3. The topological polar surface area (TPSA) is 399 Å². The predicted octanol–water partition coefficient (Wildman–Crippen LogP) is 3.82. The Morgan fingerprint density at radius 2 is 1.19 bits per heavy atom. The van der Waals surface area contributed by atoms with Gasteiger partial charge in [0, 0.05) is 88.2 Å². The fourth-order valence-electron chi connectivity index (χ4n) is 14.3. The summed E-state index contributed by atoms with van der Waals surface area (Å²) in [6, 6.07) is 24.2. The largest absolute Gasteiger partial charge is 0.485 e. The number of anilines is 1. The average Bonchev–Trinajstić information content (AvgIpc) is 1.57. The van der Waals surface area contributed by atoms with Gasteiger partial charge >= 0.3 is 5.97 Å². The summed E-state index contributed by atoms with van der Waals surface area (Å²) in [7, 11) is 0. The van der Waals surface area contributed by atoms with Crippen LogP contribution in [0.4, 0.5) is 18.9 Å². The third kappa shape index (κ3) is 20.0. The Morgan fingerprint density at radius 3 is 1.81 bits per heavy atom. The van der Waals surface area contributed by atoms with E-state index in [9.17, 15) is 62.6 Å². The Morgan fingerprint density at radius 1 is 0.630 bits per heavy atom. The molecule has 7 heterocycles. The minimum Gasteiger partial charge on any atom is -0.485 e. The van der Waals surface area contributed by atoms with Gasteiger partial charge in [-0.1, -0.05) is 60.8 Å². The van der Waals surface area contributed by atoms with Gasteiger partial charge in [0.15, 0.2) is 23.0 Å². The highest BCUT2D eigenvalue weighted by atomic mass is 32.2. The number of thioether (sulfide) groups is 2. The Bertz CT molecular complexity index is 5090. The lowest BCUT2D eigenvalue weighted by Gasteiger charge is -2.31. The molecule has 0 spiro atoms. The van der Waals surface area contributed by atoms with Crippen molar-refractivity contribution in [3.8, 4) is 17.1 Å². The third-order valence-electron chi connectivity index (χ3n) is 20.5. The fraction of sp³-hybridized carbons (Fsp3) is 0.378. The van der Waals surface area contributed by atoms with Crippen molar-refractivity contribution in [3.05, 3.63) is 191 Å². The number of morpholine rings is 2. The molecule has 0 radical (unpaired) electrons. The van der Waals surface area contributed by atoms with Crippen LogP contribution in [0.25, 0.3) is 22.3 Å². The zero-order valence-corrected chi connectivity index (χ0v) is 66.3. The number of aryl methyl sites for hydroxylation is 1. The molecule has 626 valence electrons. The number of hydrogen-bond donors (Lipinski definition) is 7. The molecule has 2 saturated heterocycles. The number of ether oxygens (including phenoxy) is 8. The molecule has 5 aliphatic heterocycles. The van der Waals surface area contributed by atoms with Crippen LogP contribution in [0.2, 0.25) is 0 Å². The summed E-state index contributed by atoms with van der Waals surface area (Å²) in [6.45, 7) is 2.72. The molecule has 7 aromatic rings. The van der Waals surface area contributed by atoms with E-state index in [0.717, 1.165) is 35.7 Å². The first-order chi connectivity index (χ1) is 57.5. The maximum Gasteiger partial charge on any atom is 0.343 e. The van der Waals surface area contributed by atoms with Crippen LogP contribution in [0.15, 0.2) is 128 Å². The highest BCUT2D eigenvalue weighted by molar-refractivity contribution is 8.08. The number of amides is 10. The number of benzene rings is 5. The molecule has 0 saturated carbocycles. The van der Waals surface area contributed by atoms with E-state index in [0.29, 0.717) is 136 Å². The third-order valence-corrected chi connectivity index (χ3v) is 22.8. The number of cyclic esters (lactones) is 1. The van der Waals surface area contributed by atoms with Crippen LogP contribution in [0, 0.1) is 24.4 Å². The van der Waals surface area contributed by atoms with Crippen molar-refractivity contribution in [3.63, 3.8) is 0 Å². The van der Waals surface area contributed by atoms with E-state index in [-0.39, 0.29) is 104 Å². The molecule has 2 aromatic heterocycles. The number of esters is 1. The first kappa shape index (κ1) is 85.5. The van der Waals surface area contributed by atoms with Gasteiger partial charge in [-0.2, -0.15) is 0 Å². The summed E-state index contributed by atoms with van der Waals surface area (Å²) in [5.41, 5.74) is 1.98. The van der Waals surface area contributed by atoms with Gasteiger partial charge in [0.1, 0.15) is 45.0 Å². The lowest BCUT2D eigenvalue weighted by molar-refractivity contribution is -0.172. The van der Waals surface area contributed by atoms with E-state index >= 15 is 13.2 Å². The molecule has 13 rings (SSSR count). The molecule has 10 amide bonds. The second-order valence-electron chi connectivity index (χ2n) is 28.2. The minimum atomic E-state index is -2.08. The number of imide groups is 1. The predicted molar refractivity (Wildman–Crippen MR) is 420 cm³/mol. The summed E-state index contributed by atoms with van der Waals surface area (Å²) in [4.78, 5) is 170. The van der Waals surface area contributed by atoms with Crippen LogP contribution >= 0.6 is 23.5 Å². The van der Waals surface area contributed by atoms with Gasteiger partial charge in [0.25, 0.3) is 29.2 Å². The first-order valence-corrected chi connectivity index (χ1v) is 40.0. The van der Waals surface area contributed by atoms with E-state index < -0.39 is 145 Å². The van der Waals surface area contributed by atoms with Gasteiger partial charge in [-0.25, -0.2) is 27.8 Å². The molecule has 2 fully saturated rings. The average molecular weight is 1680 g/mol. The molecule has 37 heteroatoms. The van der Waals surface area contributed by atoms with E-state index in [1.54, 1.807) is 109 Å². The van der Waals surface area contributed by atoms with Gasteiger partial charge < -0.3 is 89.3 Å². The summed E-state index contributed by atoms with van der Waals surface area (Å²) in [5.74, 6) is -10.9. The minimum absolute atomic E-state index is 0.0159. The Labute approximate surface area is 686 Å². The standard InChI is InChI=1S/C82H84F3N11O21S2/c1-3-82(109)56-36-63-71-54(41-95(63)78(105)55(56)42-117-81(82)108)70-60(18-17-53-46(2)57(83)37-61(92-71)69(53)70)90-68(101)44-115-45-89-65(98)39-88-75(102)62(33-47-7-5-4-6-8-47)91-66(99)40-86-64(97)38-87-67(100)43-114-30-29-112-27-28-113-31-32-116-72-58(84)34-50(35-59(72)85)96-79(106)73(118-51-13-9-48(10-14-51)76(103)93-19-23-110-24-20-93)74(80(96)107)119-52-15-11-49(12-16-52)77(104)94-21-25-111-26-22-94/h4-16,34-37,60,62,109H,3,17-33,38-45H2,1-2H3,(H,86,97)(H,87,100)(H,88,102)(H,89,98)(H,90,101)(H,91,99)/t60-,62-,82-/m0/s1. The number of aliphatic hydroxyl groups is 1. The van der Waals surface area contributed by atoms with Crippen molar-refractivity contribution in [1.29, 1.82) is 0 Å². The Kier molecular flexibility index (Phi) is 28.0.